The van der Waals surface area contributed by atoms with Crippen LogP contribution >= 0.6 is 11.6 Å². The zero-order valence-electron chi connectivity index (χ0n) is 19.2. The van der Waals surface area contributed by atoms with Crippen LogP contribution in [0.5, 0.6) is 5.75 Å². The summed E-state index contributed by atoms with van der Waals surface area (Å²) < 4.78 is 10.8. The first-order valence-electron chi connectivity index (χ1n) is 10.6. The summed E-state index contributed by atoms with van der Waals surface area (Å²) >= 11 is 5.86. The number of rotatable bonds is 9. The topological polar surface area (TPSA) is 106 Å². The lowest BCUT2D eigenvalue weighted by Crippen LogP contribution is -2.36. The van der Waals surface area contributed by atoms with Crippen LogP contribution in [0.25, 0.3) is 0 Å². The van der Waals surface area contributed by atoms with Crippen molar-refractivity contribution >= 4 is 35.2 Å². The van der Waals surface area contributed by atoms with E-state index >= 15 is 0 Å². The van der Waals surface area contributed by atoms with Crippen LogP contribution in [-0.2, 0) is 20.9 Å². The molecule has 0 saturated heterocycles. The molecule has 0 aliphatic rings. The zero-order valence-corrected chi connectivity index (χ0v) is 20.0. The molecule has 2 rings (SSSR count). The molecule has 0 heterocycles. The number of carbonyl (C=O) groups is 3. The Morgan fingerprint density at radius 3 is 2.33 bits per heavy atom. The third-order valence-electron chi connectivity index (χ3n) is 4.26. The number of para-hydroxylation sites is 1. The minimum absolute atomic E-state index is 0.0753. The molecule has 0 aliphatic heterocycles. The molecule has 1 unspecified atom stereocenters. The van der Waals surface area contributed by atoms with Crippen LogP contribution in [-0.4, -0.2) is 36.2 Å². The Kier molecular flexibility index (Phi) is 9.54. The van der Waals surface area contributed by atoms with E-state index in [1.165, 1.54) is 0 Å². The fraction of sp³-hybridized carbons (Fsp3) is 0.375. The Morgan fingerprint density at radius 2 is 1.67 bits per heavy atom. The number of benzene rings is 2. The number of halogens is 1. The van der Waals surface area contributed by atoms with Crippen LogP contribution in [0.15, 0.2) is 48.5 Å². The highest BCUT2D eigenvalue weighted by Crippen LogP contribution is 2.18. The Labute approximate surface area is 199 Å². The Morgan fingerprint density at radius 1 is 1.00 bits per heavy atom. The van der Waals surface area contributed by atoms with Crippen molar-refractivity contribution < 1.29 is 23.9 Å². The van der Waals surface area contributed by atoms with Crippen molar-refractivity contribution in [1.82, 2.24) is 10.6 Å². The molecule has 0 fully saturated rings. The standard InChI is InChI=1S/C24H30ClN3O5/c1-16(32-19-11-9-18(25)10-12-19)22(30)27-15-17-7-5-6-8-20(17)28-21(29)13-14-26-23(31)33-24(2,3)4/h5-12,16H,13-15H2,1-4H3,(H,26,31)(H,27,30)(H,28,29). The summed E-state index contributed by atoms with van der Waals surface area (Å²) in [6.07, 6.45) is -1.22. The predicted molar refractivity (Wildman–Crippen MR) is 127 cm³/mol. The van der Waals surface area contributed by atoms with Gasteiger partial charge in [0.05, 0.1) is 0 Å². The van der Waals surface area contributed by atoms with Crippen molar-refractivity contribution in [2.45, 2.75) is 52.4 Å². The van der Waals surface area contributed by atoms with E-state index in [1.807, 2.05) is 6.07 Å². The first-order valence-corrected chi connectivity index (χ1v) is 11.0. The van der Waals surface area contributed by atoms with E-state index in [0.29, 0.717) is 16.5 Å². The lowest BCUT2D eigenvalue weighted by molar-refractivity contribution is -0.127. The van der Waals surface area contributed by atoms with Crippen molar-refractivity contribution in [2.24, 2.45) is 0 Å². The molecule has 3 N–H and O–H groups in total. The van der Waals surface area contributed by atoms with Crippen LogP contribution < -0.4 is 20.7 Å². The summed E-state index contributed by atoms with van der Waals surface area (Å²) in [4.78, 5) is 36.4. The van der Waals surface area contributed by atoms with E-state index in [2.05, 4.69) is 16.0 Å². The number of hydrogen-bond acceptors (Lipinski definition) is 5. The van der Waals surface area contributed by atoms with E-state index in [0.717, 1.165) is 5.56 Å². The van der Waals surface area contributed by atoms with Gasteiger partial charge in [0.25, 0.3) is 5.91 Å². The first-order chi connectivity index (χ1) is 15.5. The van der Waals surface area contributed by atoms with Crippen molar-refractivity contribution in [3.63, 3.8) is 0 Å². The maximum absolute atomic E-state index is 12.4. The van der Waals surface area contributed by atoms with E-state index in [4.69, 9.17) is 21.1 Å². The lowest BCUT2D eigenvalue weighted by Gasteiger charge is -2.19. The second-order valence-corrected chi connectivity index (χ2v) is 8.75. The van der Waals surface area contributed by atoms with E-state index in [-0.39, 0.29) is 31.3 Å². The number of amides is 3. The maximum Gasteiger partial charge on any atom is 0.407 e. The molecule has 178 valence electrons. The fourth-order valence-electron chi connectivity index (χ4n) is 2.70. The van der Waals surface area contributed by atoms with Gasteiger partial charge in [0.1, 0.15) is 11.4 Å². The molecule has 0 aliphatic carbocycles. The maximum atomic E-state index is 12.4. The Bertz CT molecular complexity index is 957. The molecule has 1 atom stereocenters. The van der Waals surface area contributed by atoms with Gasteiger partial charge in [-0.2, -0.15) is 0 Å². The SMILES string of the molecule is CC(Oc1ccc(Cl)cc1)C(=O)NCc1ccccc1NC(=O)CCNC(=O)OC(C)(C)C. The molecule has 2 aromatic rings. The van der Waals surface area contributed by atoms with Gasteiger partial charge in [0.2, 0.25) is 5.91 Å². The second-order valence-electron chi connectivity index (χ2n) is 8.32. The molecule has 3 amide bonds. The normalized spacial score (nSPS) is 11.8. The van der Waals surface area contributed by atoms with E-state index in [9.17, 15) is 14.4 Å². The minimum Gasteiger partial charge on any atom is -0.481 e. The summed E-state index contributed by atoms with van der Waals surface area (Å²) in [6.45, 7) is 7.28. The Hall–Kier alpha value is -3.26. The highest BCUT2D eigenvalue weighted by molar-refractivity contribution is 6.30. The summed E-state index contributed by atoms with van der Waals surface area (Å²) in [5.41, 5.74) is 0.705. The van der Waals surface area contributed by atoms with Crippen molar-refractivity contribution in [3.05, 3.63) is 59.1 Å². The number of alkyl carbamates (subject to hydrolysis) is 1. The van der Waals surface area contributed by atoms with Gasteiger partial charge in [-0.05, 0) is 63.6 Å². The molecule has 2 aromatic carbocycles. The summed E-state index contributed by atoms with van der Waals surface area (Å²) in [6, 6.07) is 13.9. The molecule has 33 heavy (non-hydrogen) atoms. The van der Waals surface area contributed by atoms with Gasteiger partial charge in [-0.1, -0.05) is 29.8 Å². The highest BCUT2D eigenvalue weighted by atomic mass is 35.5. The monoisotopic (exact) mass is 475 g/mol. The van der Waals surface area contributed by atoms with Crippen LogP contribution in [0.1, 0.15) is 39.7 Å². The summed E-state index contributed by atoms with van der Waals surface area (Å²) in [5.74, 6) is -0.0355. The number of carbonyl (C=O) groups excluding carboxylic acids is 3. The van der Waals surface area contributed by atoms with Gasteiger partial charge in [0, 0.05) is 30.2 Å². The second kappa shape index (κ2) is 12.1. The first kappa shape index (κ1) is 26.0. The van der Waals surface area contributed by atoms with Gasteiger partial charge >= 0.3 is 6.09 Å². The third kappa shape index (κ3) is 9.82. The van der Waals surface area contributed by atoms with Crippen LogP contribution in [0.2, 0.25) is 5.02 Å². The number of hydrogen-bond donors (Lipinski definition) is 3. The van der Waals surface area contributed by atoms with Gasteiger partial charge in [-0.25, -0.2) is 4.79 Å². The van der Waals surface area contributed by atoms with Crippen molar-refractivity contribution in [3.8, 4) is 5.75 Å². The summed E-state index contributed by atoms with van der Waals surface area (Å²) in [7, 11) is 0. The van der Waals surface area contributed by atoms with E-state index < -0.39 is 17.8 Å². The minimum atomic E-state index is -0.716. The average Bonchev–Trinajstić information content (AvgIpc) is 2.73. The quantitative estimate of drug-likeness (QED) is 0.502. The molecule has 9 heteroatoms. The molecule has 0 radical (unpaired) electrons. The molecule has 8 nitrogen and oxygen atoms in total. The van der Waals surface area contributed by atoms with Gasteiger partial charge < -0.3 is 25.4 Å². The molecule has 0 saturated carbocycles. The van der Waals surface area contributed by atoms with Crippen LogP contribution in [0.3, 0.4) is 0 Å². The van der Waals surface area contributed by atoms with Gasteiger partial charge in [0.15, 0.2) is 6.10 Å². The molecule has 0 bridgehead atoms. The number of ether oxygens (including phenoxy) is 2. The van der Waals surface area contributed by atoms with E-state index in [1.54, 1.807) is 70.2 Å². The Balaban J connectivity index is 1.82. The summed E-state index contributed by atoms with van der Waals surface area (Å²) in [5, 5.41) is 8.74. The van der Waals surface area contributed by atoms with Gasteiger partial charge in [-0.3, -0.25) is 9.59 Å². The predicted octanol–water partition coefficient (Wildman–Crippen LogP) is 4.28. The molecule has 0 aromatic heterocycles. The van der Waals surface area contributed by atoms with Crippen molar-refractivity contribution in [1.29, 1.82) is 0 Å². The third-order valence-corrected chi connectivity index (χ3v) is 4.51. The molecular formula is C24H30ClN3O5. The largest absolute Gasteiger partial charge is 0.481 e. The fourth-order valence-corrected chi connectivity index (χ4v) is 2.82. The van der Waals surface area contributed by atoms with Crippen LogP contribution in [0, 0.1) is 0 Å². The van der Waals surface area contributed by atoms with Crippen molar-refractivity contribution in [2.75, 3.05) is 11.9 Å². The highest BCUT2D eigenvalue weighted by Gasteiger charge is 2.17. The average molecular weight is 476 g/mol. The lowest BCUT2D eigenvalue weighted by atomic mass is 10.1. The zero-order chi connectivity index (χ0) is 24.4. The smallest absolute Gasteiger partial charge is 0.407 e. The van der Waals surface area contributed by atoms with Gasteiger partial charge in [-0.15, -0.1) is 0 Å². The molecule has 0 spiro atoms. The number of anilines is 1. The van der Waals surface area contributed by atoms with Crippen LogP contribution in [0.4, 0.5) is 10.5 Å². The molecular weight excluding hydrogens is 446 g/mol. The number of nitrogens with one attached hydrogen (secondary N) is 3.